The molecule has 1 aliphatic rings. The molecule has 1 fully saturated rings. The molecule has 0 aromatic heterocycles. The second-order valence-corrected chi connectivity index (χ2v) is 7.00. The van der Waals surface area contributed by atoms with Crippen LogP contribution in [0.25, 0.3) is 0 Å². The van der Waals surface area contributed by atoms with E-state index < -0.39 is 10.8 Å². The Morgan fingerprint density at radius 1 is 1.17 bits per heavy atom. The fourth-order valence-electron chi connectivity index (χ4n) is 3.46. The number of non-ortho nitro benzene ring substituents is 1. The van der Waals surface area contributed by atoms with Gasteiger partial charge in [-0.2, -0.15) is 0 Å². The SMILES string of the molecule is COc1ccc([N+](=O)[O-])cc1C(=O)NCc1cccc(NC(=O)C2CCCC2)c1. The average Bonchev–Trinajstić information content (AvgIpc) is 3.27. The summed E-state index contributed by atoms with van der Waals surface area (Å²) in [5.41, 5.74) is 1.38. The molecule has 2 N–H and O–H groups in total. The molecule has 0 atom stereocenters. The number of nitro groups is 1. The Labute approximate surface area is 168 Å². The predicted molar refractivity (Wildman–Crippen MR) is 108 cm³/mol. The van der Waals surface area contributed by atoms with E-state index in [4.69, 9.17) is 4.74 Å². The minimum absolute atomic E-state index is 0.0324. The lowest BCUT2D eigenvalue weighted by atomic mass is 10.1. The fourth-order valence-corrected chi connectivity index (χ4v) is 3.46. The number of amides is 2. The number of carbonyl (C=O) groups is 2. The topological polar surface area (TPSA) is 111 Å². The standard InChI is InChI=1S/C21H23N3O5/c1-29-19-10-9-17(24(27)28)12-18(19)21(26)22-13-14-5-4-8-16(11-14)23-20(25)15-6-2-3-7-15/h4-5,8-12,15H,2-3,6-7,13H2,1H3,(H,22,26)(H,23,25). The van der Waals surface area contributed by atoms with Crippen molar-refractivity contribution in [2.45, 2.75) is 32.2 Å². The number of anilines is 1. The van der Waals surface area contributed by atoms with Crippen molar-refractivity contribution in [3.8, 4) is 5.75 Å². The second-order valence-electron chi connectivity index (χ2n) is 7.00. The molecule has 0 heterocycles. The lowest BCUT2D eigenvalue weighted by molar-refractivity contribution is -0.384. The zero-order chi connectivity index (χ0) is 20.8. The number of nitro benzene ring substituents is 1. The Morgan fingerprint density at radius 2 is 1.93 bits per heavy atom. The lowest BCUT2D eigenvalue weighted by Crippen LogP contribution is -2.24. The van der Waals surface area contributed by atoms with Crippen LogP contribution < -0.4 is 15.4 Å². The summed E-state index contributed by atoms with van der Waals surface area (Å²) < 4.78 is 5.13. The zero-order valence-electron chi connectivity index (χ0n) is 16.1. The Bertz CT molecular complexity index is 922. The first kappa shape index (κ1) is 20.3. The number of ether oxygens (including phenoxy) is 1. The molecule has 2 amide bonds. The van der Waals surface area contributed by atoms with Crippen molar-refractivity contribution in [3.63, 3.8) is 0 Å². The van der Waals surface area contributed by atoms with Crippen molar-refractivity contribution >= 4 is 23.2 Å². The molecule has 0 radical (unpaired) electrons. The Morgan fingerprint density at radius 3 is 2.62 bits per heavy atom. The molecule has 8 heteroatoms. The van der Waals surface area contributed by atoms with Gasteiger partial charge in [-0.25, -0.2) is 0 Å². The normalized spacial score (nSPS) is 13.7. The number of nitrogens with one attached hydrogen (secondary N) is 2. The average molecular weight is 397 g/mol. The first-order valence-corrected chi connectivity index (χ1v) is 9.48. The van der Waals surface area contributed by atoms with Gasteiger partial charge in [0.05, 0.1) is 17.6 Å². The highest BCUT2D eigenvalue weighted by Crippen LogP contribution is 2.26. The number of rotatable bonds is 7. The largest absolute Gasteiger partial charge is 0.496 e. The molecule has 1 saturated carbocycles. The molecule has 0 saturated heterocycles. The van der Waals surface area contributed by atoms with E-state index in [-0.39, 0.29) is 35.4 Å². The van der Waals surface area contributed by atoms with Crippen LogP contribution in [-0.4, -0.2) is 23.8 Å². The van der Waals surface area contributed by atoms with Crippen molar-refractivity contribution in [1.82, 2.24) is 5.32 Å². The summed E-state index contributed by atoms with van der Waals surface area (Å²) in [6, 6.07) is 11.1. The summed E-state index contributed by atoms with van der Waals surface area (Å²) >= 11 is 0. The van der Waals surface area contributed by atoms with Gasteiger partial charge in [0.15, 0.2) is 0 Å². The van der Waals surface area contributed by atoms with Gasteiger partial charge >= 0.3 is 0 Å². The predicted octanol–water partition coefficient (Wildman–Crippen LogP) is 3.66. The minimum atomic E-state index is -0.563. The third-order valence-corrected chi connectivity index (χ3v) is 5.01. The molecule has 0 bridgehead atoms. The highest BCUT2D eigenvalue weighted by atomic mass is 16.6. The molecule has 0 unspecified atom stereocenters. The van der Waals surface area contributed by atoms with E-state index in [2.05, 4.69) is 10.6 Å². The quantitative estimate of drug-likeness (QED) is 0.547. The van der Waals surface area contributed by atoms with E-state index in [1.54, 1.807) is 12.1 Å². The van der Waals surface area contributed by atoms with Crippen molar-refractivity contribution < 1.29 is 19.2 Å². The summed E-state index contributed by atoms with van der Waals surface area (Å²) in [5.74, 6) is -0.124. The number of benzene rings is 2. The van der Waals surface area contributed by atoms with Crippen LogP contribution in [0.4, 0.5) is 11.4 Å². The molecule has 0 spiro atoms. The highest BCUT2D eigenvalue weighted by Gasteiger charge is 2.22. The van der Waals surface area contributed by atoms with Gasteiger partial charge < -0.3 is 15.4 Å². The van der Waals surface area contributed by atoms with Crippen LogP contribution in [0.1, 0.15) is 41.6 Å². The van der Waals surface area contributed by atoms with Crippen molar-refractivity contribution in [1.29, 1.82) is 0 Å². The van der Waals surface area contributed by atoms with Gasteiger partial charge in [-0.3, -0.25) is 19.7 Å². The van der Waals surface area contributed by atoms with E-state index >= 15 is 0 Å². The van der Waals surface area contributed by atoms with Gasteiger partial charge in [-0.15, -0.1) is 0 Å². The molecule has 1 aliphatic carbocycles. The Kier molecular flexibility index (Phi) is 6.43. The van der Waals surface area contributed by atoms with Gasteiger partial charge in [-0.1, -0.05) is 25.0 Å². The molecule has 8 nitrogen and oxygen atoms in total. The van der Waals surface area contributed by atoms with E-state index in [0.717, 1.165) is 31.2 Å². The van der Waals surface area contributed by atoms with Crippen LogP contribution in [0.3, 0.4) is 0 Å². The van der Waals surface area contributed by atoms with Crippen molar-refractivity contribution in [2.24, 2.45) is 5.92 Å². The summed E-state index contributed by atoms with van der Waals surface area (Å²) in [6.07, 6.45) is 4.02. The number of nitrogens with zero attached hydrogens (tertiary/aromatic N) is 1. The molecule has 0 aliphatic heterocycles. The van der Waals surface area contributed by atoms with E-state index in [0.29, 0.717) is 5.69 Å². The van der Waals surface area contributed by atoms with Crippen LogP contribution in [-0.2, 0) is 11.3 Å². The maximum absolute atomic E-state index is 12.5. The maximum atomic E-state index is 12.5. The van der Waals surface area contributed by atoms with Gasteiger partial charge in [0.2, 0.25) is 5.91 Å². The van der Waals surface area contributed by atoms with Gasteiger partial charge in [0, 0.05) is 30.3 Å². The number of hydrogen-bond acceptors (Lipinski definition) is 5. The summed E-state index contributed by atoms with van der Waals surface area (Å²) in [7, 11) is 1.40. The van der Waals surface area contributed by atoms with Crippen LogP contribution >= 0.6 is 0 Å². The van der Waals surface area contributed by atoms with Crippen LogP contribution in [0.2, 0.25) is 0 Å². The Balaban J connectivity index is 1.65. The third-order valence-electron chi connectivity index (χ3n) is 5.01. The van der Waals surface area contributed by atoms with Crippen molar-refractivity contribution in [2.75, 3.05) is 12.4 Å². The minimum Gasteiger partial charge on any atom is -0.496 e. The molecule has 2 aromatic rings. The summed E-state index contributed by atoms with van der Waals surface area (Å²) in [4.78, 5) is 35.2. The van der Waals surface area contributed by atoms with Gasteiger partial charge in [0.1, 0.15) is 5.75 Å². The van der Waals surface area contributed by atoms with E-state index in [1.165, 1.54) is 25.3 Å². The van der Waals surface area contributed by atoms with Crippen molar-refractivity contribution in [3.05, 3.63) is 63.7 Å². The van der Waals surface area contributed by atoms with Crippen LogP contribution in [0, 0.1) is 16.0 Å². The monoisotopic (exact) mass is 397 g/mol. The fraction of sp³-hybridized carbons (Fsp3) is 0.333. The highest BCUT2D eigenvalue weighted by molar-refractivity contribution is 5.97. The molecule has 152 valence electrons. The zero-order valence-corrected chi connectivity index (χ0v) is 16.1. The number of carbonyl (C=O) groups excluding carboxylic acids is 2. The lowest BCUT2D eigenvalue weighted by Gasteiger charge is -2.12. The van der Waals surface area contributed by atoms with Crippen LogP contribution in [0.5, 0.6) is 5.75 Å². The van der Waals surface area contributed by atoms with Crippen LogP contribution in [0.15, 0.2) is 42.5 Å². The molecular formula is C21H23N3O5. The van der Waals surface area contributed by atoms with E-state index in [9.17, 15) is 19.7 Å². The molecule has 3 rings (SSSR count). The molecular weight excluding hydrogens is 374 g/mol. The first-order chi connectivity index (χ1) is 14.0. The second kappa shape index (κ2) is 9.18. The molecule has 29 heavy (non-hydrogen) atoms. The summed E-state index contributed by atoms with van der Waals surface area (Å²) in [6.45, 7) is 0.206. The third kappa shape index (κ3) is 5.10. The summed E-state index contributed by atoms with van der Waals surface area (Å²) in [5, 5.41) is 16.6. The maximum Gasteiger partial charge on any atom is 0.270 e. The first-order valence-electron chi connectivity index (χ1n) is 9.48. The van der Waals surface area contributed by atoms with E-state index in [1.807, 2.05) is 12.1 Å². The Hall–Kier alpha value is -3.42. The van der Waals surface area contributed by atoms with Gasteiger partial charge in [0.25, 0.3) is 11.6 Å². The number of methoxy groups -OCH3 is 1. The number of hydrogen-bond donors (Lipinski definition) is 2. The molecule has 2 aromatic carbocycles. The van der Waals surface area contributed by atoms with Gasteiger partial charge in [-0.05, 0) is 36.6 Å². The smallest absolute Gasteiger partial charge is 0.270 e.